The fraction of sp³-hybridized carbons (Fsp3) is 0.240. The van der Waals surface area contributed by atoms with Crippen molar-refractivity contribution >= 4 is 23.3 Å². The zero-order chi connectivity index (χ0) is 20.1. The van der Waals surface area contributed by atoms with E-state index >= 15 is 0 Å². The first kappa shape index (κ1) is 20.3. The lowest BCUT2D eigenvalue weighted by molar-refractivity contribution is -0.112. The van der Waals surface area contributed by atoms with Gasteiger partial charge in [-0.3, -0.25) is 4.79 Å². The minimum Gasteiger partial charge on any atom is -0.306 e. The minimum absolute atomic E-state index is 0.120. The maximum atomic E-state index is 14.1. The molecule has 0 aromatic heterocycles. The highest BCUT2D eigenvalue weighted by atomic mass is 31.2. The molecule has 0 radical (unpaired) electrons. The first-order chi connectivity index (χ1) is 13.4. The van der Waals surface area contributed by atoms with Gasteiger partial charge in [0, 0.05) is 17.0 Å². The fourth-order valence-electron chi connectivity index (χ4n) is 3.66. The van der Waals surface area contributed by atoms with E-state index in [0.29, 0.717) is 17.0 Å². The van der Waals surface area contributed by atoms with E-state index in [-0.39, 0.29) is 11.4 Å². The highest BCUT2D eigenvalue weighted by Gasteiger charge is 2.35. The van der Waals surface area contributed by atoms with Crippen LogP contribution in [-0.4, -0.2) is 5.52 Å². The molecule has 144 valence electrons. The number of benzene rings is 3. The third-order valence-electron chi connectivity index (χ3n) is 5.18. The summed E-state index contributed by atoms with van der Waals surface area (Å²) in [6.07, 6.45) is 1.11. The van der Waals surface area contributed by atoms with Gasteiger partial charge in [-0.2, -0.15) is 0 Å². The molecule has 0 fully saturated rings. The van der Waals surface area contributed by atoms with Crippen molar-refractivity contribution in [3.05, 3.63) is 95.6 Å². The summed E-state index contributed by atoms with van der Waals surface area (Å²) in [5.41, 5.74) is 3.57. The van der Waals surface area contributed by atoms with Crippen LogP contribution >= 0.6 is 7.14 Å². The topological polar surface area (TPSA) is 34.1 Å². The van der Waals surface area contributed by atoms with Crippen LogP contribution in [0, 0.1) is 19.8 Å². The summed E-state index contributed by atoms with van der Waals surface area (Å²) >= 11 is 0. The average molecular weight is 390 g/mol. The van der Waals surface area contributed by atoms with E-state index in [1.165, 1.54) is 16.7 Å². The molecule has 0 amide bonds. The Morgan fingerprint density at radius 1 is 0.857 bits per heavy atom. The molecule has 1 unspecified atom stereocenters. The Hall–Kier alpha value is -2.44. The van der Waals surface area contributed by atoms with Crippen molar-refractivity contribution in [2.24, 2.45) is 5.92 Å². The molecule has 28 heavy (non-hydrogen) atoms. The first-order valence-electron chi connectivity index (χ1n) is 9.72. The van der Waals surface area contributed by atoms with Crippen molar-refractivity contribution in [1.29, 1.82) is 0 Å². The Balaban J connectivity index is 1.87. The lowest BCUT2D eigenvalue weighted by Crippen LogP contribution is -2.24. The van der Waals surface area contributed by atoms with Crippen LogP contribution in [0.2, 0.25) is 0 Å². The number of hydrogen-bond donors (Lipinski definition) is 0. The third-order valence-corrected chi connectivity index (χ3v) is 8.12. The van der Waals surface area contributed by atoms with Crippen molar-refractivity contribution < 1.29 is 9.36 Å². The van der Waals surface area contributed by atoms with Gasteiger partial charge >= 0.3 is 0 Å². The number of carbonyl (C=O) groups is 1. The maximum Gasteiger partial charge on any atom is 0.205 e. The van der Waals surface area contributed by atoms with E-state index in [9.17, 15) is 9.36 Å². The summed E-state index contributed by atoms with van der Waals surface area (Å²) in [5.74, 6) is 0.120. The molecule has 3 heteroatoms. The van der Waals surface area contributed by atoms with Gasteiger partial charge in [0.05, 0.1) is 0 Å². The van der Waals surface area contributed by atoms with E-state index in [1.807, 2.05) is 36.4 Å². The zero-order valence-electron chi connectivity index (χ0n) is 16.8. The van der Waals surface area contributed by atoms with E-state index in [4.69, 9.17) is 0 Å². The Morgan fingerprint density at radius 3 is 1.89 bits per heavy atom. The molecule has 0 bridgehead atoms. The Bertz CT molecular complexity index is 950. The van der Waals surface area contributed by atoms with Gasteiger partial charge in [-0.1, -0.05) is 91.3 Å². The molecule has 0 N–H and O–H groups in total. The monoisotopic (exact) mass is 390 g/mol. The van der Waals surface area contributed by atoms with E-state index in [2.05, 4.69) is 39.0 Å². The standard InChI is InChI=1S/C25H27O2P/c1-19-14-15-22(21(3)16-19)17-20(2)18-25(26)28(27,23-10-6-4-7-11-23)24-12-8-5-9-13-24/h4-16,20H,17-18H2,1-3H3. The summed E-state index contributed by atoms with van der Waals surface area (Å²) in [6.45, 7) is 6.26. The van der Waals surface area contributed by atoms with Gasteiger partial charge in [-0.15, -0.1) is 0 Å². The third kappa shape index (κ3) is 4.34. The van der Waals surface area contributed by atoms with Crippen LogP contribution in [0.4, 0.5) is 0 Å². The van der Waals surface area contributed by atoms with Gasteiger partial charge < -0.3 is 4.57 Å². The zero-order valence-corrected chi connectivity index (χ0v) is 17.7. The van der Waals surface area contributed by atoms with Gasteiger partial charge in [0.15, 0.2) is 0 Å². The normalized spacial score (nSPS) is 12.5. The lowest BCUT2D eigenvalue weighted by Gasteiger charge is -2.20. The lowest BCUT2D eigenvalue weighted by atomic mass is 9.94. The van der Waals surface area contributed by atoms with E-state index < -0.39 is 7.14 Å². The maximum absolute atomic E-state index is 14.1. The molecule has 0 heterocycles. The van der Waals surface area contributed by atoms with Crippen LogP contribution in [0.1, 0.15) is 30.0 Å². The second-order valence-corrected chi connectivity index (χ2v) is 10.4. The molecule has 3 aromatic carbocycles. The quantitative estimate of drug-likeness (QED) is 0.505. The molecule has 3 rings (SSSR count). The van der Waals surface area contributed by atoms with Crippen molar-refractivity contribution in [1.82, 2.24) is 0 Å². The molecular formula is C25H27O2P. The molecular weight excluding hydrogens is 363 g/mol. The van der Waals surface area contributed by atoms with E-state index in [0.717, 1.165) is 6.42 Å². The summed E-state index contributed by atoms with van der Waals surface area (Å²) in [6, 6.07) is 24.8. The van der Waals surface area contributed by atoms with Crippen LogP contribution in [0.15, 0.2) is 78.9 Å². The van der Waals surface area contributed by atoms with Gasteiger partial charge in [0.25, 0.3) is 0 Å². The number of carbonyl (C=O) groups excluding carboxylic acids is 1. The molecule has 0 aliphatic heterocycles. The van der Waals surface area contributed by atoms with Crippen LogP contribution in [0.3, 0.4) is 0 Å². The van der Waals surface area contributed by atoms with Crippen molar-refractivity contribution in [3.8, 4) is 0 Å². The molecule has 0 saturated carbocycles. The molecule has 2 nitrogen and oxygen atoms in total. The van der Waals surface area contributed by atoms with Crippen LogP contribution in [0.5, 0.6) is 0 Å². The largest absolute Gasteiger partial charge is 0.306 e. The van der Waals surface area contributed by atoms with Crippen LogP contribution < -0.4 is 10.6 Å². The Labute approximate surface area is 168 Å². The number of hydrogen-bond acceptors (Lipinski definition) is 2. The molecule has 0 saturated heterocycles. The van der Waals surface area contributed by atoms with E-state index in [1.54, 1.807) is 24.3 Å². The first-order valence-corrected chi connectivity index (χ1v) is 11.4. The van der Waals surface area contributed by atoms with Crippen LogP contribution in [0.25, 0.3) is 0 Å². The van der Waals surface area contributed by atoms with Crippen molar-refractivity contribution in [2.75, 3.05) is 0 Å². The minimum atomic E-state index is -3.33. The molecule has 0 spiro atoms. The van der Waals surface area contributed by atoms with Gasteiger partial charge in [-0.25, -0.2) is 0 Å². The second-order valence-electron chi connectivity index (χ2n) is 7.62. The molecule has 3 aromatic rings. The summed E-state index contributed by atoms with van der Waals surface area (Å²) in [5, 5.41) is 1.23. The summed E-state index contributed by atoms with van der Waals surface area (Å²) in [7, 11) is -3.33. The summed E-state index contributed by atoms with van der Waals surface area (Å²) < 4.78 is 14.1. The van der Waals surface area contributed by atoms with Gasteiger partial charge in [-0.05, 0) is 37.3 Å². The fourth-order valence-corrected chi connectivity index (χ4v) is 6.29. The molecule has 0 aliphatic rings. The predicted octanol–water partition coefficient (Wildman–Crippen LogP) is 5.41. The van der Waals surface area contributed by atoms with Crippen molar-refractivity contribution in [3.63, 3.8) is 0 Å². The Morgan fingerprint density at radius 2 is 1.39 bits per heavy atom. The summed E-state index contributed by atoms with van der Waals surface area (Å²) in [4.78, 5) is 13.3. The SMILES string of the molecule is Cc1ccc(CC(C)CC(=O)P(=O)(c2ccccc2)c2ccccc2)c(C)c1. The predicted molar refractivity (Wildman–Crippen MR) is 118 cm³/mol. The van der Waals surface area contributed by atoms with Gasteiger partial charge in [0.1, 0.15) is 0 Å². The van der Waals surface area contributed by atoms with Gasteiger partial charge in [0.2, 0.25) is 12.7 Å². The molecule has 1 atom stereocenters. The average Bonchev–Trinajstić information content (AvgIpc) is 2.70. The van der Waals surface area contributed by atoms with Crippen LogP contribution in [-0.2, 0) is 15.8 Å². The van der Waals surface area contributed by atoms with Crippen molar-refractivity contribution in [2.45, 2.75) is 33.6 Å². The highest BCUT2D eigenvalue weighted by molar-refractivity contribution is 7.93. The molecule has 0 aliphatic carbocycles. The smallest absolute Gasteiger partial charge is 0.205 e. The number of rotatable bonds is 7. The second kappa shape index (κ2) is 8.71. The highest BCUT2D eigenvalue weighted by Crippen LogP contribution is 2.46. The number of aryl methyl sites for hydroxylation is 2. The Kier molecular flexibility index (Phi) is 6.31.